The molecule has 0 unspecified atom stereocenters. The van der Waals surface area contributed by atoms with Gasteiger partial charge in [-0.15, -0.1) is 0 Å². The van der Waals surface area contributed by atoms with Crippen molar-refractivity contribution < 1.29 is 4.42 Å². The zero-order chi connectivity index (χ0) is 7.68. The van der Waals surface area contributed by atoms with Gasteiger partial charge in [0.05, 0.1) is 0 Å². The highest BCUT2D eigenvalue weighted by atomic mass is 16.3. The Labute approximate surface area is 66.7 Å². The van der Waals surface area contributed by atoms with E-state index < -0.39 is 0 Å². The van der Waals surface area contributed by atoms with Gasteiger partial charge < -0.3 is 4.42 Å². The minimum Gasteiger partial charge on any atom is -0.462 e. The summed E-state index contributed by atoms with van der Waals surface area (Å²) in [7, 11) is 0. The van der Waals surface area contributed by atoms with Gasteiger partial charge in [-0.2, -0.15) is 0 Å². The van der Waals surface area contributed by atoms with Crippen LogP contribution in [0.1, 0.15) is 29.9 Å². The van der Waals surface area contributed by atoms with E-state index in [4.69, 9.17) is 4.42 Å². The Hall–Kier alpha value is -0.980. The fraction of sp³-hybridized carbons (Fsp3) is 0.400. The van der Waals surface area contributed by atoms with Crippen molar-refractivity contribution in [2.24, 2.45) is 0 Å². The smallest absolute Gasteiger partial charge is 0.129 e. The van der Waals surface area contributed by atoms with E-state index in [-0.39, 0.29) is 0 Å². The molecule has 0 atom stereocenters. The molecule has 1 heterocycles. The normalized spacial score (nSPS) is 16.1. The molecule has 0 radical (unpaired) electrons. The van der Waals surface area contributed by atoms with Crippen molar-refractivity contribution in [2.45, 2.75) is 26.2 Å². The van der Waals surface area contributed by atoms with Crippen LogP contribution in [0.4, 0.5) is 0 Å². The van der Waals surface area contributed by atoms with Crippen molar-refractivity contribution in [3.63, 3.8) is 0 Å². The van der Waals surface area contributed by atoms with Gasteiger partial charge in [-0.3, -0.25) is 0 Å². The lowest BCUT2D eigenvalue weighted by atomic mass is 10.1. The Morgan fingerprint density at radius 1 is 1.45 bits per heavy atom. The number of aryl methyl sites for hydroxylation is 2. The summed E-state index contributed by atoms with van der Waals surface area (Å²) >= 11 is 0. The van der Waals surface area contributed by atoms with Crippen LogP contribution >= 0.6 is 0 Å². The molecule has 0 aliphatic heterocycles. The minimum absolute atomic E-state index is 1.03. The Morgan fingerprint density at radius 3 is 3.27 bits per heavy atom. The number of hydrogen-bond donors (Lipinski definition) is 0. The van der Waals surface area contributed by atoms with Crippen molar-refractivity contribution in [1.29, 1.82) is 0 Å². The lowest BCUT2D eigenvalue weighted by Gasteiger charge is -1.90. The quantitative estimate of drug-likeness (QED) is 0.551. The molecule has 0 saturated carbocycles. The summed E-state index contributed by atoms with van der Waals surface area (Å²) < 4.78 is 5.50. The van der Waals surface area contributed by atoms with Gasteiger partial charge in [0.2, 0.25) is 0 Å². The van der Waals surface area contributed by atoms with E-state index in [0.717, 1.165) is 11.5 Å². The second-order valence-electron chi connectivity index (χ2n) is 3.04. The van der Waals surface area contributed by atoms with E-state index in [1.165, 1.54) is 24.8 Å². The topological polar surface area (TPSA) is 13.1 Å². The van der Waals surface area contributed by atoms with Gasteiger partial charge in [-0.05, 0) is 43.9 Å². The Kier molecular flexibility index (Phi) is 1.57. The molecule has 0 N–H and O–H groups in total. The largest absolute Gasteiger partial charge is 0.462 e. The summed E-state index contributed by atoms with van der Waals surface area (Å²) in [6.07, 6.45) is 7.88. The average Bonchev–Trinajstić information content (AvgIpc) is 2.17. The van der Waals surface area contributed by atoms with Crippen LogP contribution in [0, 0.1) is 6.92 Å². The van der Waals surface area contributed by atoms with Gasteiger partial charge in [0, 0.05) is 0 Å². The number of hydrogen-bond acceptors (Lipinski definition) is 1. The molecule has 0 aromatic carbocycles. The maximum absolute atomic E-state index is 5.50. The van der Waals surface area contributed by atoms with E-state index in [9.17, 15) is 0 Å². The highest BCUT2D eigenvalue weighted by Gasteiger charge is 2.07. The fourth-order valence-electron chi connectivity index (χ4n) is 1.52. The van der Waals surface area contributed by atoms with Crippen molar-refractivity contribution >= 4 is 6.08 Å². The van der Waals surface area contributed by atoms with E-state index in [1.807, 2.05) is 6.92 Å². The fourth-order valence-corrected chi connectivity index (χ4v) is 1.52. The number of rotatable bonds is 0. The molecular formula is C10H12O. The molecule has 0 fully saturated rings. The molecule has 2 rings (SSSR count). The second-order valence-corrected chi connectivity index (χ2v) is 3.04. The number of fused-ring (bicyclic) bond motifs is 1. The van der Waals surface area contributed by atoms with Gasteiger partial charge in [0.25, 0.3) is 0 Å². The molecule has 1 aliphatic carbocycles. The van der Waals surface area contributed by atoms with Gasteiger partial charge >= 0.3 is 0 Å². The SMILES string of the molecule is Cc1cc2c(o1)C=CCCC2. The lowest BCUT2D eigenvalue weighted by Crippen LogP contribution is -1.80. The first-order chi connectivity index (χ1) is 5.36. The average molecular weight is 148 g/mol. The van der Waals surface area contributed by atoms with E-state index in [0.29, 0.717) is 0 Å². The molecule has 0 spiro atoms. The first-order valence-corrected chi connectivity index (χ1v) is 4.12. The molecule has 1 aromatic heterocycles. The molecule has 1 aliphatic rings. The van der Waals surface area contributed by atoms with Crippen molar-refractivity contribution in [3.8, 4) is 0 Å². The third-order valence-electron chi connectivity index (χ3n) is 2.05. The Bertz CT molecular complexity index is 281. The third-order valence-corrected chi connectivity index (χ3v) is 2.05. The van der Waals surface area contributed by atoms with Crippen molar-refractivity contribution in [3.05, 3.63) is 29.2 Å². The summed E-state index contributed by atoms with van der Waals surface area (Å²) in [4.78, 5) is 0. The van der Waals surface area contributed by atoms with Gasteiger partial charge in [-0.25, -0.2) is 0 Å². The Balaban J connectivity index is 2.44. The standard InChI is InChI=1S/C10H12O/c1-8-7-9-5-3-2-4-6-10(9)11-8/h4,6-7H,2-3,5H2,1H3. The summed E-state index contributed by atoms with van der Waals surface area (Å²) in [5.74, 6) is 2.10. The second kappa shape index (κ2) is 2.57. The zero-order valence-electron chi connectivity index (χ0n) is 6.76. The van der Waals surface area contributed by atoms with E-state index in [2.05, 4.69) is 18.2 Å². The van der Waals surface area contributed by atoms with Crippen LogP contribution in [0.2, 0.25) is 0 Å². The van der Waals surface area contributed by atoms with Crippen LogP contribution in [0.25, 0.3) is 6.08 Å². The summed E-state index contributed by atoms with van der Waals surface area (Å²) in [6, 6.07) is 2.14. The third kappa shape index (κ3) is 1.23. The van der Waals surface area contributed by atoms with Crippen LogP contribution in [0.3, 0.4) is 0 Å². The lowest BCUT2D eigenvalue weighted by molar-refractivity contribution is 0.522. The van der Waals surface area contributed by atoms with Gasteiger partial charge in [-0.1, -0.05) is 6.08 Å². The Morgan fingerprint density at radius 2 is 2.36 bits per heavy atom. The highest BCUT2D eigenvalue weighted by molar-refractivity contribution is 5.49. The van der Waals surface area contributed by atoms with Crippen LogP contribution in [-0.4, -0.2) is 0 Å². The highest BCUT2D eigenvalue weighted by Crippen LogP contribution is 2.21. The predicted molar refractivity (Wildman–Crippen MR) is 45.4 cm³/mol. The molecule has 1 heteroatoms. The van der Waals surface area contributed by atoms with Crippen LogP contribution < -0.4 is 0 Å². The number of allylic oxidation sites excluding steroid dienone is 1. The van der Waals surface area contributed by atoms with Crippen LogP contribution in [-0.2, 0) is 6.42 Å². The maximum atomic E-state index is 5.50. The predicted octanol–water partition coefficient (Wildman–Crippen LogP) is 2.94. The molecule has 0 amide bonds. The summed E-state index contributed by atoms with van der Waals surface area (Å²) in [5, 5.41) is 0. The first-order valence-electron chi connectivity index (χ1n) is 4.12. The zero-order valence-corrected chi connectivity index (χ0v) is 6.76. The minimum atomic E-state index is 1.03. The van der Waals surface area contributed by atoms with Gasteiger partial charge in [0.15, 0.2) is 0 Å². The monoisotopic (exact) mass is 148 g/mol. The number of furan rings is 1. The van der Waals surface area contributed by atoms with Crippen LogP contribution in [0.5, 0.6) is 0 Å². The summed E-state index contributed by atoms with van der Waals surface area (Å²) in [6.45, 7) is 2.00. The van der Waals surface area contributed by atoms with E-state index in [1.54, 1.807) is 0 Å². The van der Waals surface area contributed by atoms with Crippen LogP contribution in [0.15, 0.2) is 16.6 Å². The molecule has 11 heavy (non-hydrogen) atoms. The molecule has 0 bridgehead atoms. The molecular weight excluding hydrogens is 136 g/mol. The maximum Gasteiger partial charge on any atom is 0.129 e. The van der Waals surface area contributed by atoms with Gasteiger partial charge in [0.1, 0.15) is 11.5 Å². The summed E-state index contributed by atoms with van der Waals surface area (Å²) in [5.41, 5.74) is 1.37. The first kappa shape index (κ1) is 6.71. The van der Waals surface area contributed by atoms with E-state index >= 15 is 0 Å². The molecule has 1 nitrogen and oxygen atoms in total. The molecule has 0 saturated heterocycles. The van der Waals surface area contributed by atoms with Crippen molar-refractivity contribution in [2.75, 3.05) is 0 Å². The van der Waals surface area contributed by atoms with Crippen molar-refractivity contribution in [1.82, 2.24) is 0 Å². The molecule has 58 valence electrons. The molecule has 1 aromatic rings.